The number of ether oxygens (including phenoxy) is 2. The van der Waals surface area contributed by atoms with E-state index in [1.807, 2.05) is 0 Å². The molecule has 0 amide bonds. The van der Waals surface area contributed by atoms with Crippen LogP contribution in [0.25, 0.3) is 27.6 Å². The van der Waals surface area contributed by atoms with E-state index in [0.717, 1.165) is 0 Å². The Morgan fingerprint density at radius 1 is 0.958 bits per heavy atom. The van der Waals surface area contributed by atoms with Crippen molar-refractivity contribution < 1.29 is 66.7 Å². The molecule has 6 N–H and O–H groups in total. The fourth-order valence-electron chi connectivity index (χ4n) is 5.55. The number of aliphatic hydroxyl groups is 4. The van der Waals surface area contributed by atoms with Crippen LogP contribution in [0, 0.1) is 0 Å². The molecule has 2 fully saturated rings. The van der Waals surface area contributed by atoms with E-state index in [4.69, 9.17) is 14.0 Å². The molecule has 0 aromatic carbocycles. The predicted octanol–water partition coefficient (Wildman–Crippen LogP) is -2.23. The van der Waals surface area contributed by atoms with E-state index in [0.29, 0.717) is 16.6 Å². The van der Waals surface area contributed by atoms with E-state index in [9.17, 15) is 44.1 Å². The number of fused-ring (bicyclic) bond motifs is 4. The van der Waals surface area contributed by atoms with E-state index in [1.54, 1.807) is 22.7 Å². The molecule has 10 atom stereocenters. The van der Waals surface area contributed by atoms with Gasteiger partial charge in [0.05, 0.1) is 19.5 Å². The van der Waals surface area contributed by atoms with Crippen LogP contribution in [0.4, 0.5) is 0 Å². The van der Waals surface area contributed by atoms with Crippen LogP contribution in [0.15, 0.2) is 60.6 Å². The zero-order chi connectivity index (χ0) is 34.0. The van der Waals surface area contributed by atoms with Crippen molar-refractivity contribution in [3.8, 4) is 0 Å². The summed E-state index contributed by atoms with van der Waals surface area (Å²) in [5.41, 5.74) is 0.686. The highest BCUT2D eigenvalue weighted by Gasteiger charge is 2.49. The third-order valence-corrected chi connectivity index (χ3v) is 10.5. The van der Waals surface area contributed by atoms with E-state index >= 15 is 0 Å². The molecule has 7 heterocycles. The summed E-state index contributed by atoms with van der Waals surface area (Å²) >= 11 is 0. The summed E-state index contributed by atoms with van der Waals surface area (Å²) in [5.74, 6) is 0. The smallest absolute Gasteiger partial charge is 0.478 e. The molecular weight excluding hydrogens is 684 g/mol. The Morgan fingerprint density at radius 2 is 1.71 bits per heavy atom. The first-order chi connectivity index (χ1) is 22.8. The molecule has 2 unspecified atom stereocenters. The number of aliphatic hydroxyl groups excluding tert-OH is 4. The SMILES string of the molecule is O=c1[nH]ccc2cc[n+]([C@@H]3O[C@H](COP(=O)([O-])OP(=O)(O)OC[C@H]4O[C@@H](n5cnc6c5ncn5ccnc65)[C@H](O)[C@@H]4O)[C@@H](O)[C@H]3O)cc12. The molecule has 23 heteroatoms. The van der Waals surface area contributed by atoms with Crippen molar-refractivity contribution in [2.75, 3.05) is 13.2 Å². The minimum Gasteiger partial charge on any atom is -0.756 e. The van der Waals surface area contributed by atoms with Gasteiger partial charge >= 0.3 is 7.82 Å². The van der Waals surface area contributed by atoms with Crippen LogP contribution in [-0.2, 0) is 32.0 Å². The van der Waals surface area contributed by atoms with Gasteiger partial charge in [-0.15, -0.1) is 0 Å². The first kappa shape index (κ1) is 33.0. The molecule has 256 valence electrons. The van der Waals surface area contributed by atoms with Crippen molar-refractivity contribution >= 4 is 43.2 Å². The van der Waals surface area contributed by atoms with Gasteiger partial charge in [-0.1, -0.05) is 0 Å². The quantitative estimate of drug-likeness (QED) is 0.0660. The monoisotopic (exact) mass is 711 g/mol. The zero-order valence-corrected chi connectivity index (χ0v) is 26.0. The molecule has 5 aromatic rings. The fraction of sp³-hybridized carbons (Fsp3) is 0.400. The van der Waals surface area contributed by atoms with Crippen LogP contribution in [-0.4, -0.2) is 104 Å². The fourth-order valence-corrected chi connectivity index (χ4v) is 7.60. The van der Waals surface area contributed by atoms with E-state index < -0.39 is 83.5 Å². The third-order valence-electron chi connectivity index (χ3n) is 7.93. The highest BCUT2D eigenvalue weighted by atomic mass is 31.3. The molecule has 21 nitrogen and oxygen atoms in total. The lowest BCUT2D eigenvalue weighted by Crippen LogP contribution is -2.46. The number of phosphoric ester groups is 2. The summed E-state index contributed by atoms with van der Waals surface area (Å²) in [7, 11) is -11.1. The topological polar surface area (TPSA) is 289 Å². The van der Waals surface area contributed by atoms with Crippen LogP contribution >= 0.6 is 15.6 Å². The van der Waals surface area contributed by atoms with Gasteiger partial charge in [-0.25, -0.2) is 23.8 Å². The number of H-pyrrole nitrogens is 1. The normalized spacial score (nSPS) is 30.3. The van der Waals surface area contributed by atoms with Crippen molar-refractivity contribution in [1.29, 1.82) is 0 Å². The average Bonchev–Trinajstić information content (AvgIpc) is 3.81. The Bertz CT molecular complexity index is 2140. The lowest BCUT2D eigenvalue weighted by atomic mass is 10.1. The van der Waals surface area contributed by atoms with Crippen molar-refractivity contribution in [3.05, 3.63) is 66.1 Å². The summed E-state index contributed by atoms with van der Waals surface area (Å²) in [6.45, 7) is -1.85. The third kappa shape index (κ3) is 6.09. The van der Waals surface area contributed by atoms with Gasteiger partial charge in [0.1, 0.15) is 42.2 Å². The van der Waals surface area contributed by atoms with Gasteiger partial charge in [-0.2, -0.15) is 4.57 Å². The highest BCUT2D eigenvalue weighted by molar-refractivity contribution is 7.60. The molecule has 0 radical (unpaired) electrons. The summed E-state index contributed by atoms with van der Waals surface area (Å²) in [6.07, 6.45) is -1.62. The average molecular weight is 711 g/mol. The number of nitrogens with one attached hydrogen (secondary N) is 1. The largest absolute Gasteiger partial charge is 0.756 e. The minimum atomic E-state index is -5.62. The number of rotatable bonds is 10. The summed E-state index contributed by atoms with van der Waals surface area (Å²) in [6, 6.07) is 3.22. The second-order valence-corrected chi connectivity index (χ2v) is 14.0. The van der Waals surface area contributed by atoms with Gasteiger partial charge in [-0.05, 0) is 6.07 Å². The first-order valence-corrected chi connectivity index (χ1v) is 17.1. The Morgan fingerprint density at radius 3 is 2.52 bits per heavy atom. The molecule has 7 rings (SSSR count). The second kappa shape index (κ2) is 12.4. The highest BCUT2D eigenvalue weighted by Crippen LogP contribution is 2.58. The number of phosphoric acid groups is 2. The Kier molecular flexibility index (Phi) is 8.53. The molecule has 48 heavy (non-hydrogen) atoms. The van der Waals surface area contributed by atoms with Crippen molar-refractivity contribution in [2.24, 2.45) is 0 Å². The first-order valence-electron chi connectivity index (χ1n) is 14.2. The zero-order valence-electron chi connectivity index (χ0n) is 24.2. The number of nitrogens with zero attached hydrogens (tertiary/aromatic N) is 6. The van der Waals surface area contributed by atoms with E-state index in [2.05, 4.69) is 28.8 Å². The van der Waals surface area contributed by atoms with E-state index in [-0.39, 0.29) is 11.0 Å². The Balaban J connectivity index is 0.953. The molecule has 2 aliphatic heterocycles. The molecule has 0 spiro atoms. The maximum atomic E-state index is 12.5. The number of aromatic amines is 1. The standard InChI is InChI=1S/C25H27N7O14P2/c33-17-14(44-24(19(17)35)30-5-2-12-1-3-27-23(37)13(12)7-30)8-42-47(38,39)46-48(40,41)43-9-15-18(34)20(36)25(45-15)32-11-28-16-21-26-4-6-31(21)10-29-22(16)32/h1-7,10-11,14-15,17-20,24-25,33-36H,8-9H2,(H2,38,39,40,41)/t14-,15-,17-,18-,19-,20-,24-,25-/m1/s1. The van der Waals surface area contributed by atoms with Crippen molar-refractivity contribution in [3.63, 3.8) is 0 Å². The van der Waals surface area contributed by atoms with Crippen molar-refractivity contribution in [1.82, 2.24) is 28.9 Å². The Labute approximate surface area is 267 Å². The molecular formula is C25H27N7O14P2. The van der Waals surface area contributed by atoms with E-state index in [1.165, 1.54) is 46.6 Å². The minimum absolute atomic E-state index is 0.255. The predicted molar refractivity (Wildman–Crippen MR) is 153 cm³/mol. The number of hydrogen-bond acceptors (Lipinski definition) is 16. The van der Waals surface area contributed by atoms with Crippen LogP contribution in [0.1, 0.15) is 12.5 Å². The molecule has 2 saturated heterocycles. The summed E-state index contributed by atoms with van der Waals surface area (Å²) in [4.78, 5) is 49.9. The lowest BCUT2D eigenvalue weighted by Gasteiger charge is -2.26. The van der Waals surface area contributed by atoms with Gasteiger partial charge in [-0.3, -0.25) is 22.9 Å². The van der Waals surface area contributed by atoms with Crippen LogP contribution in [0.2, 0.25) is 0 Å². The van der Waals surface area contributed by atoms with Crippen LogP contribution in [0.3, 0.4) is 0 Å². The Hall–Kier alpha value is -3.53. The van der Waals surface area contributed by atoms with Gasteiger partial charge in [0, 0.05) is 30.0 Å². The molecule has 0 bridgehead atoms. The number of imidazole rings is 2. The van der Waals surface area contributed by atoms with Crippen molar-refractivity contribution in [2.45, 2.75) is 49.1 Å². The van der Waals surface area contributed by atoms with Gasteiger partial charge < -0.3 is 49.2 Å². The second-order valence-electron chi connectivity index (χ2n) is 11.0. The maximum Gasteiger partial charge on any atom is 0.478 e. The maximum absolute atomic E-state index is 12.5. The molecule has 2 aliphatic rings. The van der Waals surface area contributed by atoms with Crippen LogP contribution < -0.4 is 15.0 Å². The van der Waals surface area contributed by atoms with Gasteiger partial charge in [0.15, 0.2) is 41.5 Å². The van der Waals surface area contributed by atoms with Gasteiger partial charge in [0.2, 0.25) is 0 Å². The number of hydrogen-bond donors (Lipinski definition) is 6. The molecule has 0 saturated carbocycles. The summed E-state index contributed by atoms with van der Waals surface area (Å²) < 4.78 is 54.0. The van der Waals surface area contributed by atoms with Crippen LogP contribution in [0.5, 0.6) is 0 Å². The lowest BCUT2D eigenvalue weighted by molar-refractivity contribution is -0.764. The summed E-state index contributed by atoms with van der Waals surface area (Å²) in [5, 5.41) is 43.0. The molecule has 0 aliphatic carbocycles. The molecule has 5 aromatic heterocycles. The number of pyridine rings is 2. The van der Waals surface area contributed by atoms with Gasteiger partial charge in [0.25, 0.3) is 19.6 Å². The number of aromatic nitrogens is 7.